The van der Waals surface area contributed by atoms with E-state index in [1.54, 1.807) is 43.3 Å². The van der Waals surface area contributed by atoms with Crippen molar-refractivity contribution in [3.05, 3.63) is 75.8 Å². The van der Waals surface area contributed by atoms with E-state index in [1.165, 1.54) is 18.2 Å². The van der Waals surface area contributed by atoms with E-state index in [1.807, 2.05) is 0 Å². The van der Waals surface area contributed by atoms with Crippen molar-refractivity contribution in [3.8, 4) is 0 Å². The molecule has 0 amide bonds. The van der Waals surface area contributed by atoms with E-state index < -0.39 is 39.4 Å². The van der Waals surface area contributed by atoms with Crippen molar-refractivity contribution in [3.63, 3.8) is 0 Å². The summed E-state index contributed by atoms with van der Waals surface area (Å²) in [6.07, 6.45) is 0.123. The quantitative estimate of drug-likeness (QED) is 0.226. The molecule has 8 heteroatoms. The predicted molar refractivity (Wildman–Crippen MR) is 106 cm³/mol. The molecule has 156 valence electrons. The molecule has 1 fully saturated rings. The highest BCUT2D eigenvalue weighted by Crippen LogP contribution is 2.78. The average Bonchev–Trinajstić information content (AvgIpc) is 3.43. The molecule has 0 spiro atoms. The summed E-state index contributed by atoms with van der Waals surface area (Å²) in [5.41, 5.74) is -2.99. The Hall–Kier alpha value is -3.55. The van der Waals surface area contributed by atoms with Crippen molar-refractivity contribution >= 4 is 23.4 Å². The standard InChI is InChI=1S/C22H21NO7/c1-4-21(18(24)14-9-6-5-7-10-14)17(15-11-8-12-16(13-15)23(27)28)22(21,19(25)29-2)20(26)30-3/h5-13,17H,4H2,1-3H3/t17-,21-/m0/s1. The van der Waals surface area contributed by atoms with Gasteiger partial charge >= 0.3 is 11.9 Å². The summed E-state index contributed by atoms with van der Waals surface area (Å²) in [7, 11) is 2.26. The van der Waals surface area contributed by atoms with E-state index in [4.69, 9.17) is 9.47 Å². The number of methoxy groups -OCH3 is 2. The van der Waals surface area contributed by atoms with E-state index in [2.05, 4.69) is 0 Å². The Bertz CT molecular complexity index is 1000. The van der Waals surface area contributed by atoms with Crippen LogP contribution in [0.1, 0.15) is 35.2 Å². The van der Waals surface area contributed by atoms with Crippen LogP contribution in [0.25, 0.3) is 0 Å². The fourth-order valence-electron chi connectivity index (χ4n) is 4.69. The molecule has 1 aliphatic carbocycles. The molecule has 1 saturated carbocycles. The van der Waals surface area contributed by atoms with Crippen molar-refractivity contribution in [1.29, 1.82) is 0 Å². The summed E-state index contributed by atoms with van der Waals surface area (Å²) >= 11 is 0. The van der Waals surface area contributed by atoms with Gasteiger partial charge in [0.25, 0.3) is 5.69 Å². The lowest BCUT2D eigenvalue weighted by molar-refractivity contribution is -0.384. The first kappa shape index (κ1) is 21.2. The van der Waals surface area contributed by atoms with Gasteiger partial charge in [0.15, 0.2) is 11.2 Å². The number of non-ortho nitro benzene ring substituents is 1. The molecule has 0 saturated heterocycles. The maximum atomic E-state index is 13.7. The molecule has 2 aromatic rings. The molecule has 2 atom stereocenters. The van der Waals surface area contributed by atoms with Crippen LogP contribution in [0.3, 0.4) is 0 Å². The maximum absolute atomic E-state index is 13.7. The molecular formula is C22H21NO7. The first-order valence-electron chi connectivity index (χ1n) is 9.33. The van der Waals surface area contributed by atoms with Gasteiger partial charge in [0.1, 0.15) is 0 Å². The summed E-state index contributed by atoms with van der Waals surface area (Å²) in [5.74, 6) is -3.20. The SMILES string of the molecule is CC[C@@]1(C(=O)c2ccccc2)[C@H](c2cccc([N+](=O)[O-])c2)C1(C(=O)OC)C(=O)OC. The number of rotatable bonds is 7. The molecule has 0 radical (unpaired) electrons. The lowest BCUT2D eigenvalue weighted by atomic mass is 9.83. The van der Waals surface area contributed by atoms with E-state index in [-0.39, 0.29) is 12.1 Å². The number of hydrogen-bond donors (Lipinski definition) is 0. The Balaban J connectivity index is 2.29. The Labute approximate surface area is 172 Å². The number of nitrogens with zero attached hydrogens (tertiary/aromatic N) is 1. The summed E-state index contributed by atoms with van der Waals surface area (Å²) in [6.45, 7) is 1.69. The molecule has 0 N–H and O–H groups in total. The van der Waals surface area contributed by atoms with Crippen molar-refractivity contribution in [2.24, 2.45) is 10.8 Å². The second-order valence-electron chi connectivity index (χ2n) is 7.10. The van der Waals surface area contributed by atoms with Gasteiger partial charge in [-0.15, -0.1) is 0 Å². The fourth-order valence-corrected chi connectivity index (χ4v) is 4.69. The topological polar surface area (TPSA) is 113 Å². The third kappa shape index (κ3) is 2.71. The number of benzene rings is 2. The van der Waals surface area contributed by atoms with Crippen LogP contribution in [0, 0.1) is 20.9 Å². The average molecular weight is 411 g/mol. The number of carbonyl (C=O) groups excluding carboxylic acids is 3. The molecule has 0 aromatic heterocycles. The highest BCUT2D eigenvalue weighted by Gasteiger charge is 2.88. The highest BCUT2D eigenvalue weighted by molar-refractivity contribution is 6.19. The van der Waals surface area contributed by atoms with Crippen LogP contribution >= 0.6 is 0 Å². The minimum absolute atomic E-state index is 0.123. The van der Waals surface area contributed by atoms with E-state index >= 15 is 0 Å². The molecule has 3 rings (SSSR count). The normalized spacial score (nSPS) is 21.4. The minimum Gasteiger partial charge on any atom is -0.468 e. The summed E-state index contributed by atoms with van der Waals surface area (Å²) in [6, 6.07) is 13.9. The zero-order valence-corrected chi connectivity index (χ0v) is 16.8. The number of nitro groups is 1. The number of esters is 2. The zero-order chi connectivity index (χ0) is 22.1. The molecular weight excluding hydrogens is 390 g/mol. The third-order valence-corrected chi connectivity index (χ3v) is 5.97. The van der Waals surface area contributed by atoms with Gasteiger partial charge < -0.3 is 9.47 Å². The molecule has 1 aliphatic rings. The number of ether oxygens (including phenoxy) is 2. The Morgan fingerprint density at radius 2 is 1.60 bits per heavy atom. The lowest BCUT2D eigenvalue weighted by Crippen LogP contribution is -2.37. The van der Waals surface area contributed by atoms with Crippen LogP contribution in [0.2, 0.25) is 0 Å². The van der Waals surface area contributed by atoms with Crippen molar-refractivity contribution < 1.29 is 28.8 Å². The molecule has 0 unspecified atom stereocenters. The van der Waals surface area contributed by atoms with Crippen LogP contribution in [-0.4, -0.2) is 36.9 Å². The summed E-state index contributed by atoms with van der Waals surface area (Å²) in [5, 5.41) is 11.3. The molecule has 0 aliphatic heterocycles. The fraction of sp³-hybridized carbons (Fsp3) is 0.318. The molecule has 8 nitrogen and oxygen atoms in total. The van der Waals surface area contributed by atoms with E-state index in [0.717, 1.165) is 14.2 Å². The van der Waals surface area contributed by atoms with E-state index in [9.17, 15) is 24.5 Å². The second kappa shape index (κ2) is 7.70. The second-order valence-corrected chi connectivity index (χ2v) is 7.10. The number of carbonyl (C=O) groups is 3. The van der Waals surface area contributed by atoms with Gasteiger partial charge in [-0.25, -0.2) is 0 Å². The van der Waals surface area contributed by atoms with Crippen molar-refractivity contribution in [2.75, 3.05) is 14.2 Å². The van der Waals surface area contributed by atoms with Crippen LogP contribution in [-0.2, 0) is 19.1 Å². The molecule has 0 bridgehead atoms. The van der Waals surface area contributed by atoms with Gasteiger partial charge in [-0.2, -0.15) is 0 Å². The number of ketones is 1. The van der Waals surface area contributed by atoms with Gasteiger partial charge in [0, 0.05) is 23.6 Å². The Morgan fingerprint density at radius 1 is 1.00 bits per heavy atom. The highest BCUT2D eigenvalue weighted by atomic mass is 16.6. The van der Waals surface area contributed by atoms with Crippen molar-refractivity contribution in [1.82, 2.24) is 0 Å². The number of nitro benzene ring substituents is 1. The van der Waals surface area contributed by atoms with Crippen LogP contribution in [0.15, 0.2) is 54.6 Å². The van der Waals surface area contributed by atoms with Crippen molar-refractivity contribution in [2.45, 2.75) is 19.3 Å². The van der Waals surface area contributed by atoms with Gasteiger partial charge in [0.05, 0.1) is 24.6 Å². The maximum Gasteiger partial charge on any atom is 0.324 e. The number of hydrogen-bond acceptors (Lipinski definition) is 7. The monoisotopic (exact) mass is 411 g/mol. The summed E-state index contributed by atoms with van der Waals surface area (Å²) in [4.78, 5) is 50.4. The molecule has 30 heavy (non-hydrogen) atoms. The van der Waals surface area contributed by atoms with Gasteiger partial charge in [-0.3, -0.25) is 24.5 Å². The Morgan fingerprint density at radius 3 is 2.10 bits per heavy atom. The first-order valence-corrected chi connectivity index (χ1v) is 9.33. The number of Topliss-reactive ketones (excluding diaryl/α,β-unsaturated/α-hetero) is 1. The lowest BCUT2D eigenvalue weighted by Gasteiger charge is -2.20. The van der Waals surface area contributed by atoms with Gasteiger partial charge in [-0.05, 0) is 12.0 Å². The van der Waals surface area contributed by atoms with Crippen LogP contribution < -0.4 is 0 Å². The van der Waals surface area contributed by atoms with Gasteiger partial charge in [-0.1, -0.05) is 49.4 Å². The van der Waals surface area contributed by atoms with Crippen LogP contribution in [0.5, 0.6) is 0 Å². The van der Waals surface area contributed by atoms with Gasteiger partial charge in [0.2, 0.25) is 0 Å². The summed E-state index contributed by atoms with van der Waals surface area (Å²) < 4.78 is 9.89. The predicted octanol–water partition coefficient (Wildman–Crippen LogP) is 3.30. The van der Waals surface area contributed by atoms with Crippen LogP contribution in [0.4, 0.5) is 5.69 Å². The zero-order valence-electron chi connectivity index (χ0n) is 16.8. The smallest absolute Gasteiger partial charge is 0.324 e. The largest absolute Gasteiger partial charge is 0.468 e. The van der Waals surface area contributed by atoms with E-state index in [0.29, 0.717) is 11.1 Å². The third-order valence-electron chi connectivity index (χ3n) is 5.97. The minimum atomic E-state index is -1.94. The Kier molecular flexibility index (Phi) is 5.43. The molecule has 2 aromatic carbocycles. The molecule has 0 heterocycles. The first-order chi connectivity index (χ1) is 14.3.